The van der Waals surface area contributed by atoms with Crippen LogP contribution in [0.15, 0.2) is 59.8 Å². The fourth-order valence-electron chi connectivity index (χ4n) is 3.62. The molecule has 7 heteroatoms. The molecule has 1 amide bonds. The summed E-state index contributed by atoms with van der Waals surface area (Å²) in [6.07, 6.45) is 0. The predicted octanol–water partition coefficient (Wildman–Crippen LogP) is 4.53. The number of amides is 1. The third-order valence-electron chi connectivity index (χ3n) is 5.13. The molecule has 2 aromatic carbocycles. The quantitative estimate of drug-likeness (QED) is 0.412. The van der Waals surface area contributed by atoms with Gasteiger partial charge in [-0.3, -0.25) is 4.79 Å². The summed E-state index contributed by atoms with van der Waals surface area (Å²) in [7, 11) is 0. The SMILES string of the molecule is CCn1c2ccccc2c2nnc(SCC(=O)N(Cc3ccccc3)C(C)C)nc21. The minimum absolute atomic E-state index is 0.0681. The maximum Gasteiger partial charge on any atom is 0.233 e. The van der Waals surface area contributed by atoms with Crippen LogP contribution in [0.5, 0.6) is 0 Å². The molecule has 2 heterocycles. The van der Waals surface area contributed by atoms with Gasteiger partial charge in [-0.05, 0) is 32.4 Å². The maximum atomic E-state index is 12.9. The Labute approximate surface area is 180 Å². The Balaban J connectivity index is 1.53. The zero-order chi connectivity index (χ0) is 21.1. The molecule has 6 nitrogen and oxygen atoms in total. The highest BCUT2D eigenvalue weighted by molar-refractivity contribution is 7.99. The van der Waals surface area contributed by atoms with Gasteiger partial charge in [0.05, 0.1) is 11.3 Å². The first kappa shape index (κ1) is 20.3. The van der Waals surface area contributed by atoms with Gasteiger partial charge in [-0.15, -0.1) is 10.2 Å². The van der Waals surface area contributed by atoms with E-state index in [0.717, 1.165) is 34.2 Å². The van der Waals surface area contributed by atoms with Crippen molar-refractivity contribution >= 4 is 39.7 Å². The van der Waals surface area contributed by atoms with E-state index in [-0.39, 0.29) is 17.7 Å². The van der Waals surface area contributed by atoms with Gasteiger partial charge in [0, 0.05) is 24.5 Å². The van der Waals surface area contributed by atoms with E-state index in [4.69, 9.17) is 4.98 Å². The standard InChI is InChI=1S/C23H25N5OS/c1-4-27-19-13-9-8-12-18(19)21-22(27)24-23(26-25-21)30-15-20(29)28(16(2)3)14-17-10-6-5-7-11-17/h5-13,16H,4,14-15H2,1-3H3. The highest BCUT2D eigenvalue weighted by Gasteiger charge is 2.19. The lowest BCUT2D eigenvalue weighted by Crippen LogP contribution is -2.37. The predicted molar refractivity (Wildman–Crippen MR) is 121 cm³/mol. The molecule has 0 atom stereocenters. The smallest absolute Gasteiger partial charge is 0.233 e. The normalized spacial score (nSPS) is 11.5. The lowest BCUT2D eigenvalue weighted by atomic mass is 10.2. The largest absolute Gasteiger partial charge is 0.335 e. The second-order valence-electron chi connectivity index (χ2n) is 7.42. The third kappa shape index (κ3) is 4.03. The van der Waals surface area contributed by atoms with Gasteiger partial charge in [-0.1, -0.05) is 60.3 Å². The molecular weight excluding hydrogens is 394 g/mol. The van der Waals surface area contributed by atoms with Crippen LogP contribution in [0, 0.1) is 0 Å². The molecule has 0 unspecified atom stereocenters. The van der Waals surface area contributed by atoms with Crippen LogP contribution >= 0.6 is 11.8 Å². The number of thioether (sulfide) groups is 1. The van der Waals surface area contributed by atoms with Crippen molar-refractivity contribution in [2.75, 3.05) is 5.75 Å². The highest BCUT2D eigenvalue weighted by atomic mass is 32.2. The molecule has 0 saturated heterocycles. The van der Waals surface area contributed by atoms with Crippen LogP contribution in [0.2, 0.25) is 0 Å². The number of para-hydroxylation sites is 1. The van der Waals surface area contributed by atoms with Crippen LogP contribution in [0.1, 0.15) is 26.3 Å². The fraction of sp³-hybridized carbons (Fsp3) is 0.304. The van der Waals surface area contributed by atoms with E-state index in [2.05, 4.69) is 27.8 Å². The fourth-order valence-corrected chi connectivity index (χ4v) is 4.29. The Hall–Kier alpha value is -2.93. The van der Waals surface area contributed by atoms with E-state index in [1.54, 1.807) is 0 Å². The topological polar surface area (TPSA) is 63.9 Å². The number of benzene rings is 2. The molecule has 0 radical (unpaired) electrons. The van der Waals surface area contributed by atoms with Crippen LogP contribution in [0.3, 0.4) is 0 Å². The molecule has 0 spiro atoms. The van der Waals surface area contributed by atoms with Crippen molar-refractivity contribution < 1.29 is 4.79 Å². The monoisotopic (exact) mass is 419 g/mol. The number of fused-ring (bicyclic) bond motifs is 3. The Bertz CT molecular complexity index is 1170. The Morgan fingerprint density at radius 3 is 2.53 bits per heavy atom. The highest BCUT2D eigenvalue weighted by Crippen LogP contribution is 2.27. The van der Waals surface area contributed by atoms with Gasteiger partial charge < -0.3 is 9.47 Å². The number of rotatable bonds is 7. The molecule has 30 heavy (non-hydrogen) atoms. The summed E-state index contributed by atoms with van der Waals surface area (Å²) < 4.78 is 2.14. The summed E-state index contributed by atoms with van der Waals surface area (Å²) in [6, 6.07) is 18.3. The first-order valence-electron chi connectivity index (χ1n) is 10.2. The van der Waals surface area contributed by atoms with E-state index in [1.807, 2.05) is 67.3 Å². The zero-order valence-corrected chi connectivity index (χ0v) is 18.3. The van der Waals surface area contributed by atoms with Crippen LogP contribution < -0.4 is 0 Å². The van der Waals surface area contributed by atoms with Gasteiger partial charge >= 0.3 is 0 Å². The van der Waals surface area contributed by atoms with E-state index in [1.165, 1.54) is 11.8 Å². The average molecular weight is 420 g/mol. The number of hydrogen-bond acceptors (Lipinski definition) is 5. The Morgan fingerprint density at radius 2 is 1.80 bits per heavy atom. The number of carbonyl (C=O) groups is 1. The minimum Gasteiger partial charge on any atom is -0.335 e. The van der Waals surface area contributed by atoms with Gasteiger partial charge in [0.15, 0.2) is 5.65 Å². The number of aromatic nitrogens is 4. The van der Waals surface area contributed by atoms with Gasteiger partial charge in [0.1, 0.15) is 5.52 Å². The minimum atomic E-state index is 0.0681. The van der Waals surface area contributed by atoms with Crippen molar-refractivity contribution in [3.05, 3.63) is 60.2 Å². The first-order valence-corrected chi connectivity index (χ1v) is 11.1. The summed E-state index contributed by atoms with van der Waals surface area (Å²) in [5.41, 5.74) is 3.84. The lowest BCUT2D eigenvalue weighted by Gasteiger charge is -2.26. The molecule has 0 bridgehead atoms. The molecular formula is C23H25N5OS. The number of carbonyl (C=O) groups excluding carboxylic acids is 1. The summed E-state index contributed by atoms with van der Waals surface area (Å²) in [4.78, 5) is 19.5. The third-order valence-corrected chi connectivity index (χ3v) is 5.96. The van der Waals surface area contributed by atoms with Gasteiger partial charge in [0.25, 0.3) is 0 Å². The van der Waals surface area contributed by atoms with E-state index < -0.39 is 0 Å². The number of aryl methyl sites for hydroxylation is 1. The van der Waals surface area contributed by atoms with Crippen LogP contribution in [0.4, 0.5) is 0 Å². The molecule has 0 fully saturated rings. The summed E-state index contributed by atoms with van der Waals surface area (Å²) >= 11 is 1.34. The summed E-state index contributed by atoms with van der Waals surface area (Å²) in [6.45, 7) is 7.56. The summed E-state index contributed by atoms with van der Waals surface area (Å²) in [5.74, 6) is 0.350. The zero-order valence-electron chi connectivity index (χ0n) is 17.4. The molecule has 0 aliphatic rings. The molecule has 4 rings (SSSR count). The van der Waals surface area contributed by atoms with Crippen molar-refractivity contribution in [1.82, 2.24) is 24.6 Å². The lowest BCUT2D eigenvalue weighted by molar-refractivity contribution is -0.130. The van der Waals surface area contributed by atoms with Crippen molar-refractivity contribution in [3.63, 3.8) is 0 Å². The Morgan fingerprint density at radius 1 is 1.07 bits per heavy atom. The van der Waals surface area contributed by atoms with E-state index in [9.17, 15) is 4.79 Å². The summed E-state index contributed by atoms with van der Waals surface area (Å²) in [5, 5.41) is 10.3. The number of nitrogens with zero attached hydrogens (tertiary/aromatic N) is 5. The first-order chi connectivity index (χ1) is 14.6. The van der Waals surface area contributed by atoms with Crippen molar-refractivity contribution in [2.24, 2.45) is 0 Å². The molecule has 154 valence electrons. The molecule has 0 aliphatic heterocycles. The van der Waals surface area contributed by atoms with Gasteiger partial charge in [-0.25, -0.2) is 4.98 Å². The second kappa shape index (κ2) is 8.83. The van der Waals surface area contributed by atoms with Crippen LogP contribution in [0.25, 0.3) is 22.1 Å². The maximum absolute atomic E-state index is 12.9. The molecule has 0 saturated carbocycles. The van der Waals surface area contributed by atoms with Gasteiger partial charge in [-0.2, -0.15) is 0 Å². The molecule has 4 aromatic rings. The molecule has 2 aromatic heterocycles. The average Bonchev–Trinajstić information content (AvgIpc) is 3.09. The van der Waals surface area contributed by atoms with E-state index in [0.29, 0.717) is 11.7 Å². The van der Waals surface area contributed by atoms with Gasteiger partial charge in [0.2, 0.25) is 11.1 Å². The van der Waals surface area contributed by atoms with Crippen molar-refractivity contribution in [3.8, 4) is 0 Å². The second-order valence-corrected chi connectivity index (χ2v) is 8.36. The van der Waals surface area contributed by atoms with Crippen LogP contribution in [-0.4, -0.2) is 42.4 Å². The van der Waals surface area contributed by atoms with E-state index >= 15 is 0 Å². The van der Waals surface area contributed by atoms with Crippen LogP contribution in [-0.2, 0) is 17.9 Å². The Kier molecular flexibility index (Phi) is 5.99. The van der Waals surface area contributed by atoms with Crippen molar-refractivity contribution in [2.45, 2.75) is 45.1 Å². The molecule has 0 N–H and O–H groups in total. The number of hydrogen-bond donors (Lipinski definition) is 0. The molecule has 0 aliphatic carbocycles. The van der Waals surface area contributed by atoms with Crippen molar-refractivity contribution in [1.29, 1.82) is 0 Å².